The molecule has 3 rings (SSSR count). The summed E-state index contributed by atoms with van der Waals surface area (Å²) >= 11 is 0. The Kier molecular flexibility index (Phi) is 5.65. The van der Waals surface area contributed by atoms with Gasteiger partial charge in [-0.25, -0.2) is 0 Å². The van der Waals surface area contributed by atoms with E-state index in [1.807, 2.05) is 24.3 Å². The monoisotopic (exact) mass is 300 g/mol. The zero-order valence-corrected chi connectivity index (χ0v) is 13.0. The van der Waals surface area contributed by atoms with E-state index in [-0.39, 0.29) is 0 Å². The minimum absolute atomic E-state index is 0.788. The average molecular weight is 300 g/mol. The van der Waals surface area contributed by atoms with Gasteiger partial charge in [0.15, 0.2) is 0 Å². The van der Waals surface area contributed by atoms with Crippen LogP contribution in [0.1, 0.15) is 12.2 Å². The maximum Gasteiger partial charge on any atom is 0.134 e. The predicted octanol–water partition coefficient (Wildman–Crippen LogP) is 2.76. The molecule has 0 radical (unpaired) electrons. The topological polar surface area (TPSA) is 37.6 Å². The van der Waals surface area contributed by atoms with Gasteiger partial charge in [-0.05, 0) is 31.6 Å². The first kappa shape index (κ1) is 15.3. The van der Waals surface area contributed by atoms with E-state index in [2.05, 4.69) is 28.4 Å². The van der Waals surface area contributed by atoms with Crippen molar-refractivity contribution in [3.05, 3.63) is 48.2 Å². The second kappa shape index (κ2) is 8.13. The number of hydrogen-bond donors (Lipinski definition) is 1. The number of morpholine rings is 1. The Bertz CT molecular complexity index is 547. The molecular weight excluding hydrogens is 276 g/mol. The first-order chi connectivity index (χ1) is 10.9. The van der Waals surface area contributed by atoms with Crippen LogP contribution >= 0.6 is 0 Å². The van der Waals surface area contributed by atoms with Crippen LogP contribution in [0.4, 0.5) is 0 Å². The summed E-state index contributed by atoms with van der Waals surface area (Å²) in [6.45, 7) is 6.83. The maximum absolute atomic E-state index is 5.88. The summed E-state index contributed by atoms with van der Waals surface area (Å²) in [5, 5.41) is 3.45. The number of ether oxygens (including phenoxy) is 1. The fraction of sp³-hybridized carbons (Fsp3) is 0.444. The summed E-state index contributed by atoms with van der Waals surface area (Å²) in [6, 6.07) is 14.3. The van der Waals surface area contributed by atoms with Crippen molar-refractivity contribution in [2.75, 3.05) is 39.4 Å². The Hall–Kier alpha value is -1.62. The molecule has 0 saturated carbocycles. The third-order valence-corrected chi connectivity index (χ3v) is 3.95. The number of nitrogens with zero attached hydrogens (tertiary/aromatic N) is 1. The van der Waals surface area contributed by atoms with E-state index >= 15 is 0 Å². The van der Waals surface area contributed by atoms with Gasteiger partial charge >= 0.3 is 0 Å². The first-order valence-corrected chi connectivity index (χ1v) is 8.07. The molecule has 1 aliphatic rings. The molecule has 2 aromatic rings. The molecule has 0 bridgehead atoms. The van der Waals surface area contributed by atoms with Gasteiger partial charge in [-0.1, -0.05) is 30.3 Å². The molecule has 1 aromatic heterocycles. The minimum atomic E-state index is 0.788. The van der Waals surface area contributed by atoms with Crippen molar-refractivity contribution in [1.82, 2.24) is 10.2 Å². The van der Waals surface area contributed by atoms with Crippen molar-refractivity contribution in [2.24, 2.45) is 0 Å². The molecule has 1 aliphatic heterocycles. The lowest BCUT2D eigenvalue weighted by molar-refractivity contribution is 0.0374. The lowest BCUT2D eigenvalue weighted by Gasteiger charge is -2.26. The molecule has 2 heterocycles. The number of rotatable bonds is 7. The molecule has 0 aliphatic carbocycles. The zero-order chi connectivity index (χ0) is 15.0. The zero-order valence-electron chi connectivity index (χ0n) is 13.0. The van der Waals surface area contributed by atoms with E-state index in [0.717, 1.165) is 69.4 Å². The summed E-state index contributed by atoms with van der Waals surface area (Å²) in [5.41, 5.74) is 1.13. The van der Waals surface area contributed by atoms with Crippen LogP contribution in [0.15, 0.2) is 46.9 Å². The van der Waals surface area contributed by atoms with Gasteiger partial charge in [-0.2, -0.15) is 0 Å². The summed E-state index contributed by atoms with van der Waals surface area (Å²) in [4.78, 5) is 2.46. The third kappa shape index (κ3) is 4.44. The van der Waals surface area contributed by atoms with Gasteiger partial charge in [0.1, 0.15) is 11.5 Å². The summed E-state index contributed by atoms with van der Waals surface area (Å²) < 4.78 is 11.2. The van der Waals surface area contributed by atoms with Crippen molar-refractivity contribution in [3.63, 3.8) is 0 Å². The highest BCUT2D eigenvalue weighted by Gasteiger charge is 2.09. The normalized spacial score (nSPS) is 16.0. The highest BCUT2D eigenvalue weighted by atomic mass is 16.5. The Morgan fingerprint density at radius 2 is 1.82 bits per heavy atom. The quantitative estimate of drug-likeness (QED) is 0.798. The van der Waals surface area contributed by atoms with E-state index in [1.165, 1.54) is 0 Å². The van der Waals surface area contributed by atoms with Crippen molar-refractivity contribution in [1.29, 1.82) is 0 Å². The standard InChI is InChI=1S/C18H24N2O2/c1-2-5-16(6-3-1)18-8-7-17(22-18)15-19-9-4-10-20-11-13-21-14-12-20/h1-3,5-8,19H,4,9-15H2. The lowest BCUT2D eigenvalue weighted by Crippen LogP contribution is -2.37. The van der Waals surface area contributed by atoms with Crippen LogP contribution in [0.25, 0.3) is 11.3 Å². The first-order valence-electron chi connectivity index (χ1n) is 8.07. The lowest BCUT2D eigenvalue weighted by atomic mass is 10.2. The second-order valence-electron chi connectivity index (χ2n) is 5.62. The molecular formula is C18H24N2O2. The van der Waals surface area contributed by atoms with E-state index < -0.39 is 0 Å². The molecule has 1 fully saturated rings. The molecule has 4 nitrogen and oxygen atoms in total. The average Bonchev–Trinajstić information content (AvgIpc) is 3.05. The Balaban J connectivity index is 1.36. The number of nitrogens with one attached hydrogen (secondary N) is 1. The molecule has 1 N–H and O–H groups in total. The number of benzene rings is 1. The van der Waals surface area contributed by atoms with Crippen molar-refractivity contribution in [2.45, 2.75) is 13.0 Å². The fourth-order valence-corrected chi connectivity index (χ4v) is 2.69. The summed E-state index contributed by atoms with van der Waals surface area (Å²) in [7, 11) is 0. The van der Waals surface area contributed by atoms with Gasteiger partial charge in [0.25, 0.3) is 0 Å². The van der Waals surface area contributed by atoms with E-state index in [0.29, 0.717) is 0 Å². The van der Waals surface area contributed by atoms with Crippen LogP contribution in [0.5, 0.6) is 0 Å². The second-order valence-corrected chi connectivity index (χ2v) is 5.62. The fourth-order valence-electron chi connectivity index (χ4n) is 2.69. The largest absolute Gasteiger partial charge is 0.460 e. The van der Waals surface area contributed by atoms with Crippen LogP contribution < -0.4 is 5.32 Å². The van der Waals surface area contributed by atoms with Crippen LogP contribution in [-0.4, -0.2) is 44.3 Å². The number of hydrogen-bond acceptors (Lipinski definition) is 4. The van der Waals surface area contributed by atoms with Gasteiger partial charge in [0, 0.05) is 18.7 Å². The SMILES string of the molecule is c1ccc(-c2ccc(CNCCCN3CCOCC3)o2)cc1. The van der Waals surface area contributed by atoms with Crippen molar-refractivity contribution >= 4 is 0 Å². The van der Waals surface area contributed by atoms with Crippen LogP contribution in [0.3, 0.4) is 0 Å². The van der Waals surface area contributed by atoms with Crippen molar-refractivity contribution in [3.8, 4) is 11.3 Å². The molecule has 0 unspecified atom stereocenters. The molecule has 22 heavy (non-hydrogen) atoms. The Labute approximate surface area is 132 Å². The summed E-state index contributed by atoms with van der Waals surface area (Å²) in [5.74, 6) is 1.93. The minimum Gasteiger partial charge on any atom is -0.460 e. The molecule has 0 amide bonds. The van der Waals surface area contributed by atoms with E-state index in [4.69, 9.17) is 9.15 Å². The molecule has 1 aromatic carbocycles. The highest BCUT2D eigenvalue weighted by molar-refractivity contribution is 5.57. The molecule has 0 atom stereocenters. The highest BCUT2D eigenvalue weighted by Crippen LogP contribution is 2.21. The smallest absolute Gasteiger partial charge is 0.134 e. The van der Waals surface area contributed by atoms with Crippen LogP contribution in [0.2, 0.25) is 0 Å². The Morgan fingerprint density at radius 1 is 1.00 bits per heavy atom. The maximum atomic E-state index is 5.88. The predicted molar refractivity (Wildman–Crippen MR) is 87.7 cm³/mol. The Morgan fingerprint density at radius 3 is 2.64 bits per heavy atom. The number of furan rings is 1. The molecule has 4 heteroatoms. The third-order valence-electron chi connectivity index (χ3n) is 3.95. The van der Waals surface area contributed by atoms with Gasteiger partial charge < -0.3 is 14.5 Å². The van der Waals surface area contributed by atoms with Gasteiger partial charge in [0.05, 0.1) is 19.8 Å². The van der Waals surface area contributed by atoms with Gasteiger partial charge in [-0.3, -0.25) is 4.90 Å². The molecule has 1 saturated heterocycles. The van der Waals surface area contributed by atoms with Gasteiger partial charge in [-0.15, -0.1) is 0 Å². The summed E-state index contributed by atoms with van der Waals surface area (Å²) in [6.07, 6.45) is 1.16. The van der Waals surface area contributed by atoms with E-state index in [9.17, 15) is 0 Å². The molecule has 118 valence electrons. The molecule has 0 spiro atoms. The van der Waals surface area contributed by atoms with Crippen LogP contribution in [-0.2, 0) is 11.3 Å². The van der Waals surface area contributed by atoms with Crippen molar-refractivity contribution < 1.29 is 9.15 Å². The van der Waals surface area contributed by atoms with E-state index in [1.54, 1.807) is 0 Å². The van der Waals surface area contributed by atoms with Gasteiger partial charge in [0.2, 0.25) is 0 Å². The van der Waals surface area contributed by atoms with Crippen LogP contribution in [0, 0.1) is 0 Å².